The molecule has 0 radical (unpaired) electrons. The number of halogens is 1. The zero-order valence-electron chi connectivity index (χ0n) is 9.17. The van der Waals surface area contributed by atoms with Gasteiger partial charge in [-0.2, -0.15) is 10.4 Å². The molecule has 0 saturated carbocycles. The Hall–Kier alpha value is -2.52. The van der Waals surface area contributed by atoms with E-state index in [1.807, 2.05) is 6.07 Å². The van der Waals surface area contributed by atoms with E-state index in [4.69, 9.17) is 10.4 Å². The first-order valence-electron chi connectivity index (χ1n) is 5.05. The minimum Gasteiger partial charge on any atom is -0.390 e. The van der Waals surface area contributed by atoms with Crippen molar-refractivity contribution >= 4 is 0 Å². The van der Waals surface area contributed by atoms with Gasteiger partial charge in [-0.3, -0.25) is 4.79 Å². The quantitative estimate of drug-likeness (QED) is 0.846. The summed E-state index contributed by atoms with van der Waals surface area (Å²) < 4.78 is 14.7. The van der Waals surface area contributed by atoms with Crippen molar-refractivity contribution in [2.24, 2.45) is 0 Å². The zero-order chi connectivity index (χ0) is 13.1. The van der Waals surface area contributed by atoms with E-state index in [9.17, 15) is 9.18 Å². The smallest absolute Gasteiger partial charge is 0.205 e. The number of benzene rings is 1. The highest BCUT2D eigenvalue weighted by molar-refractivity contribution is 5.41. The Morgan fingerprint density at radius 2 is 2.22 bits per heavy atom. The number of aromatic nitrogens is 2. The van der Waals surface area contributed by atoms with Crippen LogP contribution >= 0.6 is 0 Å². The molecule has 0 aliphatic rings. The summed E-state index contributed by atoms with van der Waals surface area (Å²) >= 11 is 0. The summed E-state index contributed by atoms with van der Waals surface area (Å²) in [6.45, 7) is -0.529. The molecule has 1 N–H and O–H groups in total. The van der Waals surface area contributed by atoms with Crippen LogP contribution < -0.4 is 5.43 Å². The molecule has 0 atom stereocenters. The third-order valence-electron chi connectivity index (χ3n) is 2.35. The number of nitrogens with zero attached hydrogens (tertiary/aromatic N) is 3. The van der Waals surface area contributed by atoms with E-state index in [0.717, 1.165) is 10.7 Å². The normalized spacial score (nSPS) is 10.1. The van der Waals surface area contributed by atoms with Crippen LogP contribution in [-0.2, 0) is 6.61 Å². The van der Waals surface area contributed by atoms with Gasteiger partial charge < -0.3 is 5.11 Å². The molecule has 5 nitrogen and oxygen atoms in total. The van der Waals surface area contributed by atoms with Gasteiger partial charge in [0.2, 0.25) is 5.43 Å². The van der Waals surface area contributed by atoms with Gasteiger partial charge in [-0.15, -0.1) is 0 Å². The first-order chi connectivity index (χ1) is 8.65. The third-order valence-corrected chi connectivity index (χ3v) is 2.35. The summed E-state index contributed by atoms with van der Waals surface area (Å²) in [6, 6.07) is 6.86. The number of nitriles is 1. The fraction of sp³-hybridized carbons (Fsp3) is 0.0833. The lowest BCUT2D eigenvalue weighted by Crippen LogP contribution is -2.16. The van der Waals surface area contributed by atoms with Crippen molar-refractivity contribution in [2.45, 2.75) is 6.61 Å². The average molecular weight is 245 g/mol. The third kappa shape index (κ3) is 2.12. The summed E-state index contributed by atoms with van der Waals surface area (Å²) in [7, 11) is 0. The fourth-order valence-electron chi connectivity index (χ4n) is 1.45. The van der Waals surface area contributed by atoms with E-state index in [2.05, 4.69) is 5.10 Å². The Bertz CT molecular complexity index is 688. The lowest BCUT2D eigenvalue weighted by Gasteiger charge is -2.07. The van der Waals surface area contributed by atoms with Crippen LogP contribution in [-0.4, -0.2) is 14.9 Å². The van der Waals surface area contributed by atoms with Gasteiger partial charge in [0, 0.05) is 12.3 Å². The van der Waals surface area contributed by atoms with Crippen LogP contribution in [0, 0.1) is 17.1 Å². The van der Waals surface area contributed by atoms with E-state index in [0.29, 0.717) is 0 Å². The molecule has 1 heterocycles. The largest absolute Gasteiger partial charge is 0.390 e. The molecular weight excluding hydrogens is 237 g/mol. The van der Waals surface area contributed by atoms with Gasteiger partial charge in [-0.05, 0) is 18.2 Å². The number of hydrogen-bond acceptors (Lipinski definition) is 4. The van der Waals surface area contributed by atoms with E-state index < -0.39 is 17.9 Å². The minimum absolute atomic E-state index is 0.0451. The molecule has 90 valence electrons. The molecule has 0 unspecified atom stereocenters. The van der Waals surface area contributed by atoms with Gasteiger partial charge in [-0.25, -0.2) is 9.07 Å². The molecule has 0 amide bonds. The van der Waals surface area contributed by atoms with Gasteiger partial charge in [0.1, 0.15) is 17.2 Å². The fourth-order valence-corrected chi connectivity index (χ4v) is 1.45. The Morgan fingerprint density at radius 1 is 1.44 bits per heavy atom. The summed E-state index contributed by atoms with van der Waals surface area (Å²) in [5.41, 5.74) is -0.189. The first kappa shape index (κ1) is 12.0. The molecule has 2 aromatic rings. The van der Waals surface area contributed by atoms with Crippen LogP contribution in [0.25, 0.3) is 5.69 Å². The molecule has 0 aliphatic heterocycles. The monoisotopic (exact) mass is 245 g/mol. The van der Waals surface area contributed by atoms with Crippen LogP contribution in [0.2, 0.25) is 0 Å². The molecule has 0 fully saturated rings. The molecule has 0 bridgehead atoms. The van der Waals surface area contributed by atoms with Gasteiger partial charge in [0.25, 0.3) is 0 Å². The Labute approximate surface area is 101 Å². The maximum atomic E-state index is 13.6. The molecule has 0 saturated heterocycles. The second-order valence-corrected chi connectivity index (χ2v) is 3.51. The summed E-state index contributed by atoms with van der Waals surface area (Å²) in [5.74, 6) is -0.575. The highest BCUT2D eigenvalue weighted by Crippen LogP contribution is 2.13. The Balaban J connectivity index is 2.62. The van der Waals surface area contributed by atoms with Crippen LogP contribution in [0.5, 0.6) is 0 Å². The highest BCUT2D eigenvalue weighted by atomic mass is 19.1. The van der Waals surface area contributed by atoms with Crippen molar-refractivity contribution in [1.29, 1.82) is 5.26 Å². The molecular formula is C12H8FN3O2. The molecule has 0 spiro atoms. The van der Waals surface area contributed by atoms with E-state index in [1.54, 1.807) is 0 Å². The molecule has 1 aromatic carbocycles. The predicted octanol–water partition coefficient (Wildman–Crippen LogP) is 0.736. The molecule has 1 aromatic heterocycles. The van der Waals surface area contributed by atoms with Crippen LogP contribution in [0.1, 0.15) is 11.3 Å². The van der Waals surface area contributed by atoms with Crippen molar-refractivity contribution < 1.29 is 9.50 Å². The summed E-state index contributed by atoms with van der Waals surface area (Å²) in [4.78, 5) is 11.3. The molecule has 0 aliphatic carbocycles. The maximum absolute atomic E-state index is 13.6. The maximum Gasteiger partial charge on any atom is 0.205 e. The lowest BCUT2D eigenvalue weighted by atomic mass is 10.2. The summed E-state index contributed by atoms with van der Waals surface area (Å²) in [6.07, 6.45) is 1.28. The Morgan fingerprint density at radius 3 is 2.89 bits per heavy atom. The molecule has 2 rings (SSSR count). The SMILES string of the molecule is N#Cc1ccc(F)c(-n2ccc(=O)c(CO)n2)c1. The van der Waals surface area contributed by atoms with Gasteiger partial charge in [0.15, 0.2) is 0 Å². The van der Waals surface area contributed by atoms with Crippen LogP contribution in [0.15, 0.2) is 35.3 Å². The Kier molecular flexibility index (Phi) is 3.17. The number of hydrogen-bond donors (Lipinski definition) is 1. The van der Waals surface area contributed by atoms with Crippen LogP contribution in [0.4, 0.5) is 4.39 Å². The molecule has 6 heteroatoms. The zero-order valence-corrected chi connectivity index (χ0v) is 9.17. The topological polar surface area (TPSA) is 78.9 Å². The van der Waals surface area contributed by atoms with E-state index in [-0.39, 0.29) is 16.9 Å². The van der Waals surface area contributed by atoms with Crippen LogP contribution in [0.3, 0.4) is 0 Å². The first-order valence-corrected chi connectivity index (χ1v) is 5.05. The van der Waals surface area contributed by atoms with Crippen molar-refractivity contribution in [3.63, 3.8) is 0 Å². The standard InChI is InChI=1S/C12H8FN3O2/c13-9-2-1-8(6-14)5-11(9)16-4-3-12(18)10(7-17)15-16/h1-5,17H,7H2. The van der Waals surface area contributed by atoms with Gasteiger partial charge in [-0.1, -0.05) is 0 Å². The van der Waals surface area contributed by atoms with E-state index >= 15 is 0 Å². The minimum atomic E-state index is -0.575. The predicted molar refractivity (Wildman–Crippen MR) is 60.4 cm³/mol. The second-order valence-electron chi connectivity index (χ2n) is 3.51. The van der Waals surface area contributed by atoms with Crippen molar-refractivity contribution in [3.05, 3.63) is 57.8 Å². The van der Waals surface area contributed by atoms with Gasteiger partial charge >= 0.3 is 0 Å². The number of rotatable bonds is 2. The molecule has 18 heavy (non-hydrogen) atoms. The van der Waals surface area contributed by atoms with Crippen molar-refractivity contribution in [2.75, 3.05) is 0 Å². The van der Waals surface area contributed by atoms with E-state index in [1.165, 1.54) is 24.4 Å². The summed E-state index contributed by atoms with van der Waals surface area (Å²) in [5, 5.41) is 21.5. The lowest BCUT2D eigenvalue weighted by molar-refractivity contribution is 0.273. The second kappa shape index (κ2) is 4.77. The number of aliphatic hydroxyl groups is 1. The number of aliphatic hydroxyl groups excluding tert-OH is 1. The average Bonchev–Trinajstić information content (AvgIpc) is 2.40. The van der Waals surface area contributed by atoms with Gasteiger partial charge in [0.05, 0.1) is 18.2 Å². The van der Waals surface area contributed by atoms with Crippen molar-refractivity contribution in [1.82, 2.24) is 9.78 Å². The highest BCUT2D eigenvalue weighted by Gasteiger charge is 2.08. The van der Waals surface area contributed by atoms with Crippen molar-refractivity contribution in [3.8, 4) is 11.8 Å².